The van der Waals surface area contributed by atoms with E-state index in [4.69, 9.17) is 5.73 Å². The fourth-order valence-corrected chi connectivity index (χ4v) is 2.42. The molecule has 1 aromatic heterocycles. The molecule has 4 heteroatoms. The zero-order chi connectivity index (χ0) is 9.97. The molecule has 4 nitrogen and oxygen atoms in total. The molecular weight excluding hydrogens is 176 g/mol. The number of hydrogen-bond acceptors (Lipinski definition) is 3. The van der Waals surface area contributed by atoms with Gasteiger partial charge in [-0.2, -0.15) is 15.4 Å². The predicted octanol–water partition coefficient (Wildman–Crippen LogP) is 1.63. The Hall–Kier alpha value is -0.900. The van der Waals surface area contributed by atoms with Gasteiger partial charge in [-0.1, -0.05) is 19.8 Å². The van der Waals surface area contributed by atoms with Crippen LogP contribution in [-0.2, 0) is 0 Å². The fraction of sp³-hybridized carbons (Fsp3) is 0.800. The maximum Gasteiger partial charge on any atom is 0.0994 e. The van der Waals surface area contributed by atoms with Crippen LogP contribution >= 0.6 is 0 Å². The van der Waals surface area contributed by atoms with Crippen LogP contribution in [0.1, 0.15) is 44.3 Å². The zero-order valence-electron chi connectivity index (χ0n) is 8.61. The molecule has 0 bridgehead atoms. The number of H-pyrrole nitrogens is 1. The summed E-state index contributed by atoms with van der Waals surface area (Å²) in [6.07, 6.45) is 6.86. The first-order valence-electron chi connectivity index (χ1n) is 5.38. The van der Waals surface area contributed by atoms with E-state index in [1.54, 1.807) is 6.20 Å². The van der Waals surface area contributed by atoms with Crippen LogP contribution in [0.15, 0.2) is 6.20 Å². The molecule has 78 valence electrons. The first-order valence-corrected chi connectivity index (χ1v) is 5.38. The van der Waals surface area contributed by atoms with Crippen molar-refractivity contribution in [1.29, 1.82) is 0 Å². The van der Waals surface area contributed by atoms with E-state index in [-0.39, 0.29) is 6.04 Å². The van der Waals surface area contributed by atoms with E-state index in [1.165, 1.54) is 25.7 Å². The van der Waals surface area contributed by atoms with Crippen LogP contribution in [0.5, 0.6) is 0 Å². The number of nitrogens with one attached hydrogen (secondary N) is 1. The molecule has 1 heterocycles. The molecule has 2 rings (SSSR count). The second-order valence-corrected chi connectivity index (χ2v) is 4.45. The van der Waals surface area contributed by atoms with E-state index in [1.807, 2.05) is 0 Å². The van der Waals surface area contributed by atoms with Crippen LogP contribution in [0.4, 0.5) is 0 Å². The van der Waals surface area contributed by atoms with Crippen molar-refractivity contribution in [2.45, 2.75) is 38.6 Å². The Labute approximate surface area is 84.3 Å². The average Bonchev–Trinajstić information content (AvgIpc) is 2.69. The third-order valence-electron chi connectivity index (χ3n) is 3.26. The summed E-state index contributed by atoms with van der Waals surface area (Å²) >= 11 is 0. The van der Waals surface area contributed by atoms with E-state index < -0.39 is 0 Å². The highest BCUT2D eigenvalue weighted by molar-refractivity contribution is 5.01. The SMILES string of the molecule is CC1CCCC(C(N)c2cn[nH]n2)C1. The lowest BCUT2D eigenvalue weighted by Crippen LogP contribution is -2.26. The lowest BCUT2D eigenvalue weighted by molar-refractivity contribution is 0.245. The molecule has 3 unspecified atom stereocenters. The van der Waals surface area contributed by atoms with Crippen molar-refractivity contribution >= 4 is 0 Å². The number of hydrogen-bond donors (Lipinski definition) is 2. The van der Waals surface area contributed by atoms with Crippen molar-refractivity contribution in [2.75, 3.05) is 0 Å². The smallest absolute Gasteiger partial charge is 0.0994 e. The summed E-state index contributed by atoms with van der Waals surface area (Å²) in [6, 6.07) is 0.0662. The highest BCUT2D eigenvalue weighted by Gasteiger charge is 2.26. The minimum absolute atomic E-state index is 0.0662. The summed E-state index contributed by atoms with van der Waals surface area (Å²) in [4.78, 5) is 0. The molecule has 0 spiro atoms. The van der Waals surface area contributed by atoms with Crippen LogP contribution in [0, 0.1) is 11.8 Å². The summed E-state index contributed by atoms with van der Waals surface area (Å²) in [6.45, 7) is 2.31. The molecule has 0 saturated heterocycles. The minimum atomic E-state index is 0.0662. The molecule has 0 aliphatic heterocycles. The number of aromatic nitrogens is 3. The fourth-order valence-electron chi connectivity index (χ4n) is 2.42. The monoisotopic (exact) mass is 194 g/mol. The number of aromatic amines is 1. The third kappa shape index (κ3) is 1.95. The molecule has 3 atom stereocenters. The maximum atomic E-state index is 6.15. The van der Waals surface area contributed by atoms with Crippen molar-refractivity contribution in [2.24, 2.45) is 17.6 Å². The Kier molecular flexibility index (Phi) is 2.82. The number of nitrogens with two attached hydrogens (primary N) is 1. The van der Waals surface area contributed by atoms with Crippen molar-refractivity contribution in [1.82, 2.24) is 15.4 Å². The van der Waals surface area contributed by atoms with E-state index in [0.717, 1.165) is 11.6 Å². The van der Waals surface area contributed by atoms with Gasteiger partial charge in [-0.05, 0) is 24.7 Å². The predicted molar refractivity (Wildman–Crippen MR) is 54.4 cm³/mol. The summed E-state index contributed by atoms with van der Waals surface area (Å²) < 4.78 is 0. The Morgan fingerprint density at radius 3 is 3.07 bits per heavy atom. The van der Waals surface area contributed by atoms with Gasteiger partial charge in [0.1, 0.15) is 0 Å². The largest absolute Gasteiger partial charge is 0.322 e. The van der Waals surface area contributed by atoms with E-state index in [2.05, 4.69) is 22.3 Å². The Morgan fingerprint density at radius 1 is 1.57 bits per heavy atom. The van der Waals surface area contributed by atoms with Gasteiger partial charge >= 0.3 is 0 Å². The minimum Gasteiger partial charge on any atom is -0.322 e. The second-order valence-electron chi connectivity index (χ2n) is 4.45. The maximum absolute atomic E-state index is 6.15. The van der Waals surface area contributed by atoms with Gasteiger partial charge in [-0.15, -0.1) is 0 Å². The molecule has 1 saturated carbocycles. The molecule has 1 aliphatic rings. The van der Waals surface area contributed by atoms with Crippen molar-refractivity contribution in [3.63, 3.8) is 0 Å². The van der Waals surface area contributed by atoms with Gasteiger partial charge in [-0.25, -0.2) is 0 Å². The highest BCUT2D eigenvalue weighted by Crippen LogP contribution is 2.34. The summed E-state index contributed by atoms with van der Waals surface area (Å²) in [5.74, 6) is 1.40. The van der Waals surface area contributed by atoms with Crippen LogP contribution in [0.2, 0.25) is 0 Å². The normalized spacial score (nSPS) is 30.1. The molecule has 1 aliphatic carbocycles. The molecular formula is C10H18N4. The van der Waals surface area contributed by atoms with E-state index >= 15 is 0 Å². The average molecular weight is 194 g/mol. The topological polar surface area (TPSA) is 67.6 Å². The van der Waals surface area contributed by atoms with Crippen LogP contribution in [0.3, 0.4) is 0 Å². The van der Waals surface area contributed by atoms with Crippen molar-refractivity contribution < 1.29 is 0 Å². The number of nitrogens with zero attached hydrogens (tertiary/aromatic N) is 2. The quantitative estimate of drug-likeness (QED) is 0.752. The van der Waals surface area contributed by atoms with Gasteiger partial charge in [-0.3, -0.25) is 0 Å². The van der Waals surface area contributed by atoms with Crippen LogP contribution in [0.25, 0.3) is 0 Å². The second kappa shape index (κ2) is 4.09. The third-order valence-corrected chi connectivity index (χ3v) is 3.26. The van der Waals surface area contributed by atoms with Gasteiger partial charge in [0.05, 0.1) is 17.9 Å². The van der Waals surface area contributed by atoms with Crippen molar-refractivity contribution in [3.8, 4) is 0 Å². The zero-order valence-corrected chi connectivity index (χ0v) is 8.61. The number of rotatable bonds is 2. The van der Waals surface area contributed by atoms with Gasteiger partial charge < -0.3 is 5.73 Å². The lowest BCUT2D eigenvalue weighted by atomic mass is 9.78. The van der Waals surface area contributed by atoms with Crippen LogP contribution in [-0.4, -0.2) is 15.4 Å². The molecule has 0 amide bonds. The highest BCUT2D eigenvalue weighted by atomic mass is 15.3. The van der Waals surface area contributed by atoms with Crippen LogP contribution < -0.4 is 5.73 Å². The Morgan fingerprint density at radius 2 is 2.43 bits per heavy atom. The van der Waals surface area contributed by atoms with Gasteiger partial charge in [0, 0.05) is 0 Å². The van der Waals surface area contributed by atoms with Crippen molar-refractivity contribution in [3.05, 3.63) is 11.9 Å². The molecule has 1 aromatic rings. The van der Waals surface area contributed by atoms with E-state index in [9.17, 15) is 0 Å². The Balaban J connectivity index is 2.00. The van der Waals surface area contributed by atoms with Gasteiger partial charge in [0.2, 0.25) is 0 Å². The molecule has 0 radical (unpaired) electrons. The Bertz CT molecular complexity index is 270. The molecule has 3 N–H and O–H groups in total. The summed E-state index contributed by atoms with van der Waals surface area (Å²) in [5.41, 5.74) is 7.06. The summed E-state index contributed by atoms with van der Waals surface area (Å²) in [5, 5.41) is 10.5. The summed E-state index contributed by atoms with van der Waals surface area (Å²) in [7, 11) is 0. The van der Waals surface area contributed by atoms with E-state index in [0.29, 0.717) is 5.92 Å². The molecule has 0 aromatic carbocycles. The molecule has 1 fully saturated rings. The first kappa shape index (κ1) is 9.65. The van der Waals surface area contributed by atoms with Gasteiger partial charge in [0.25, 0.3) is 0 Å². The lowest BCUT2D eigenvalue weighted by Gasteiger charge is -2.30. The standard InChI is InChI=1S/C10H18N4/c1-7-3-2-4-8(5-7)10(11)9-6-12-14-13-9/h6-8,10H,2-5,11H2,1H3,(H,12,13,14). The van der Waals surface area contributed by atoms with Gasteiger partial charge in [0.15, 0.2) is 0 Å². The molecule has 14 heavy (non-hydrogen) atoms. The first-order chi connectivity index (χ1) is 6.77.